The van der Waals surface area contributed by atoms with E-state index in [0.29, 0.717) is 5.41 Å². The van der Waals surface area contributed by atoms with E-state index in [1.54, 1.807) is 11.1 Å². The van der Waals surface area contributed by atoms with Crippen molar-refractivity contribution in [2.24, 2.45) is 17.3 Å². The Morgan fingerprint density at radius 3 is 2.45 bits per heavy atom. The van der Waals surface area contributed by atoms with Gasteiger partial charge >= 0.3 is 0 Å². The van der Waals surface area contributed by atoms with Gasteiger partial charge in [0.25, 0.3) is 0 Å². The Labute approximate surface area is 179 Å². The zero-order valence-electron chi connectivity index (χ0n) is 20.0. The molecule has 4 rings (SSSR count). The third kappa shape index (κ3) is 3.97. The smallest absolute Gasteiger partial charge is 0.137 e. The molecule has 0 heterocycles. The highest BCUT2D eigenvalue weighted by molar-refractivity contribution is 5.40. The van der Waals surface area contributed by atoms with Crippen molar-refractivity contribution in [3.63, 3.8) is 0 Å². The van der Waals surface area contributed by atoms with E-state index >= 15 is 0 Å². The minimum absolute atomic E-state index is 0.533. The Morgan fingerprint density at radius 1 is 1.00 bits per heavy atom. The quantitative estimate of drug-likeness (QED) is 0.651. The molecule has 3 aliphatic rings. The molecular formula is C26H44N2O+2. The number of ether oxygens (including phenoxy) is 1. The second-order valence-electron chi connectivity index (χ2n) is 12.4. The predicted molar refractivity (Wildman–Crippen MR) is 121 cm³/mol. The molecule has 2 saturated carbocycles. The summed E-state index contributed by atoms with van der Waals surface area (Å²) in [6, 6.07) is 7.85. The van der Waals surface area contributed by atoms with Gasteiger partial charge in [-0.3, -0.25) is 0 Å². The largest absolute Gasteiger partial charge is 0.488 e. The molecule has 5 atom stereocenters. The van der Waals surface area contributed by atoms with E-state index in [4.69, 9.17) is 4.74 Å². The molecule has 0 radical (unpaired) electrons. The van der Waals surface area contributed by atoms with Crippen LogP contribution in [0.2, 0.25) is 0 Å². The van der Waals surface area contributed by atoms with E-state index in [1.807, 2.05) is 0 Å². The van der Waals surface area contributed by atoms with E-state index in [1.165, 1.54) is 38.5 Å². The first-order chi connectivity index (χ1) is 13.5. The number of nitrogens with zero attached hydrogens (tertiary/aromatic N) is 2. The van der Waals surface area contributed by atoms with Gasteiger partial charge in [0.1, 0.15) is 18.9 Å². The lowest BCUT2D eigenvalue weighted by Crippen LogP contribution is -2.55. The molecule has 3 aliphatic carbocycles. The summed E-state index contributed by atoms with van der Waals surface area (Å²) in [6.45, 7) is 4.46. The highest BCUT2D eigenvalue weighted by Gasteiger charge is 2.58. The summed E-state index contributed by atoms with van der Waals surface area (Å²) in [7, 11) is 13.9. The van der Waals surface area contributed by atoms with Gasteiger partial charge in [-0.15, -0.1) is 0 Å². The van der Waals surface area contributed by atoms with Crippen molar-refractivity contribution in [3.8, 4) is 5.75 Å². The Hall–Kier alpha value is -1.06. The van der Waals surface area contributed by atoms with Crippen LogP contribution in [0.4, 0.5) is 0 Å². The van der Waals surface area contributed by atoms with Gasteiger partial charge in [-0.1, -0.05) is 13.0 Å². The highest BCUT2D eigenvalue weighted by atomic mass is 16.5. The number of likely N-dealkylation sites (N-methyl/N-ethyl adjacent to an activating group) is 1. The average Bonchev–Trinajstić information content (AvgIpc) is 2.97. The maximum absolute atomic E-state index is 6.10. The third-order valence-corrected chi connectivity index (χ3v) is 8.61. The lowest BCUT2D eigenvalue weighted by Gasteiger charge is -2.52. The summed E-state index contributed by atoms with van der Waals surface area (Å²) < 4.78 is 8.18. The van der Waals surface area contributed by atoms with Crippen molar-refractivity contribution >= 4 is 0 Å². The van der Waals surface area contributed by atoms with Crippen molar-refractivity contribution in [2.75, 3.05) is 55.4 Å². The van der Waals surface area contributed by atoms with Gasteiger partial charge in [-0.05, 0) is 73.1 Å². The normalized spacial score (nSPS) is 34.3. The summed E-state index contributed by atoms with van der Waals surface area (Å²) in [6.07, 6.45) is 8.26. The Balaban J connectivity index is 1.50. The van der Waals surface area contributed by atoms with E-state index in [2.05, 4.69) is 67.4 Å². The first-order valence-electron chi connectivity index (χ1n) is 11.9. The van der Waals surface area contributed by atoms with Gasteiger partial charge in [0.15, 0.2) is 0 Å². The zero-order chi connectivity index (χ0) is 21.0. The number of fused-ring (bicyclic) bond motifs is 5. The van der Waals surface area contributed by atoms with E-state index in [9.17, 15) is 0 Å². The van der Waals surface area contributed by atoms with Crippen molar-refractivity contribution in [1.29, 1.82) is 0 Å². The number of hydrogen-bond acceptors (Lipinski definition) is 1. The van der Waals surface area contributed by atoms with E-state index in [0.717, 1.165) is 51.7 Å². The van der Waals surface area contributed by atoms with Crippen LogP contribution in [0.15, 0.2) is 18.2 Å². The first-order valence-corrected chi connectivity index (χ1v) is 11.9. The minimum Gasteiger partial charge on any atom is -0.488 e. The maximum Gasteiger partial charge on any atom is 0.137 e. The van der Waals surface area contributed by atoms with Crippen molar-refractivity contribution in [1.82, 2.24) is 0 Å². The van der Waals surface area contributed by atoms with Gasteiger partial charge in [-0.2, -0.15) is 0 Å². The van der Waals surface area contributed by atoms with E-state index in [-0.39, 0.29) is 0 Å². The summed E-state index contributed by atoms with van der Waals surface area (Å²) in [5, 5.41) is 0. The summed E-state index contributed by atoms with van der Waals surface area (Å²) in [5.74, 6) is 3.66. The van der Waals surface area contributed by atoms with Gasteiger partial charge in [-0.25, -0.2) is 0 Å². The van der Waals surface area contributed by atoms with E-state index < -0.39 is 0 Å². The molecule has 3 nitrogen and oxygen atoms in total. The number of quaternary nitrogens is 2. The SMILES string of the molecule is C[C@]12CC[C@@H]3c4ccc(OCC[N+](C)(C)C)cc4CC[C@H]3[C@@H]1CC[C@@H]2[N+](C)(C)C. The number of rotatable bonds is 5. The second-order valence-corrected chi connectivity index (χ2v) is 12.4. The van der Waals surface area contributed by atoms with Crippen molar-refractivity contribution < 1.29 is 13.7 Å². The monoisotopic (exact) mass is 400 g/mol. The molecule has 1 aromatic carbocycles. The van der Waals surface area contributed by atoms with Crippen LogP contribution in [0.1, 0.15) is 56.1 Å². The number of aryl methyl sites for hydroxylation is 1. The fraction of sp³-hybridized carbons (Fsp3) is 0.769. The van der Waals surface area contributed by atoms with Crippen LogP contribution in [-0.4, -0.2) is 70.4 Å². The topological polar surface area (TPSA) is 9.23 Å². The first kappa shape index (κ1) is 21.2. The molecule has 0 aromatic heterocycles. The van der Waals surface area contributed by atoms with Gasteiger partial charge in [0.05, 0.1) is 48.3 Å². The van der Waals surface area contributed by atoms with Gasteiger partial charge in [0, 0.05) is 11.8 Å². The van der Waals surface area contributed by atoms with Crippen LogP contribution in [0.5, 0.6) is 5.75 Å². The molecule has 0 aliphatic heterocycles. The van der Waals surface area contributed by atoms with Gasteiger partial charge in [0.2, 0.25) is 0 Å². The molecule has 162 valence electrons. The van der Waals surface area contributed by atoms with Crippen LogP contribution in [0, 0.1) is 17.3 Å². The molecule has 0 unspecified atom stereocenters. The molecular weight excluding hydrogens is 356 g/mol. The molecule has 0 bridgehead atoms. The molecule has 0 saturated heterocycles. The van der Waals surface area contributed by atoms with Crippen molar-refractivity contribution in [2.45, 2.75) is 57.4 Å². The Morgan fingerprint density at radius 2 is 1.76 bits per heavy atom. The molecule has 0 N–H and O–H groups in total. The lowest BCUT2D eigenvalue weighted by molar-refractivity contribution is -0.903. The number of hydrogen-bond donors (Lipinski definition) is 0. The van der Waals surface area contributed by atoms with Crippen LogP contribution in [0.3, 0.4) is 0 Å². The fourth-order valence-corrected chi connectivity index (χ4v) is 7.33. The average molecular weight is 401 g/mol. The van der Waals surface area contributed by atoms with Crippen LogP contribution in [0.25, 0.3) is 0 Å². The maximum atomic E-state index is 6.10. The highest BCUT2D eigenvalue weighted by Crippen LogP contribution is 2.62. The molecule has 0 amide bonds. The Kier molecular flexibility index (Phi) is 5.31. The van der Waals surface area contributed by atoms with Crippen molar-refractivity contribution in [3.05, 3.63) is 29.3 Å². The summed E-state index contributed by atoms with van der Waals surface area (Å²) >= 11 is 0. The fourth-order valence-electron chi connectivity index (χ4n) is 7.33. The molecule has 0 spiro atoms. The standard InChI is InChI=1S/C26H44N2O/c1-26-15-14-22-21-11-9-20(29-17-16-27(2,3)4)18-19(21)8-10-23(22)24(26)12-13-25(26)28(5,6)7/h9,11,18,22-25H,8,10,12-17H2,1-7H3/q+2/t22-,23-,24+,25+,26+/m1/s1. The van der Waals surface area contributed by atoms with Crippen LogP contribution >= 0.6 is 0 Å². The molecule has 2 fully saturated rings. The minimum atomic E-state index is 0.533. The molecule has 1 aromatic rings. The summed E-state index contributed by atoms with van der Waals surface area (Å²) in [4.78, 5) is 0. The Bertz CT molecular complexity index is 744. The second kappa shape index (κ2) is 7.27. The number of benzene rings is 1. The molecule has 3 heteroatoms. The van der Waals surface area contributed by atoms with Crippen LogP contribution < -0.4 is 4.74 Å². The zero-order valence-corrected chi connectivity index (χ0v) is 20.0. The predicted octanol–water partition coefficient (Wildman–Crippen LogP) is 4.70. The third-order valence-electron chi connectivity index (χ3n) is 8.61. The molecule has 29 heavy (non-hydrogen) atoms. The van der Waals surface area contributed by atoms with Crippen LogP contribution in [-0.2, 0) is 6.42 Å². The van der Waals surface area contributed by atoms with Gasteiger partial charge < -0.3 is 13.7 Å². The lowest BCUT2D eigenvalue weighted by atomic mass is 9.55. The summed E-state index contributed by atoms with van der Waals surface area (Å²) in [5.41, 5.74) is 3.75.